The molecular formula is C8H14BrN3. The second kappa shape index (κ2) is 4.03. The van der Waals surface area contributed by atoms with Crippen LogP contribution in [-0.4, -0.2) is 20.1 Å². The molecule has 0 aliphatic heterocycles. The minimum absolute atomic E-state index is 0.602. The van der Waals surface area contributed by atoms with Crippen molar-refractivity contribution in [2.24, 2.45) is 5.92 Å². The van der Waals surface area contributed by atoms with Crippen molar-refractivity contribution < 1.29 is 0 Å². The van der Waals surface area contributed by atoms with Gasteiger partial charge in [-0.3, -0.25) is 0 Å². The molecule has 68 valence electrons. The third-order valence-corrected chi connectivity index (χ3v) is 2.82. The monoisotopic (exact) mass is 231 g/mol. The van der Waals surface area contributed by atoms with Crippen molar-refractivity contribution >= 4 is 15.9 Å². The van der Waals surface area contributed by atoms with Gasteiger partial charge in [-0.1, -0.05) is 22.9 Å². The molecule has 12 heavy (non-hydrogen) atoms. The molecule has 0 N–H and O–H groups in total. The van der Waals surface area contributed by atoms with Gasteiger partial charge in [0.15, 0.2) is 0 Å². The third kappa shape index (κ3) is 2.30. The van der Waals surface area contributed by atoms with Gasteiger partial charge in [-0.15, -0.1) is 0 Å². The van der Waals surface area contributed by atoms with Crippen LogP contribution in [0.4, 0.5) is 0 Å². The van der Waals surface area contributed by atoms with Crippen LogP contribution < -0.4 is 0 Å². The number of aromatic nitrogens is 3. The van der Waals surface area contributed by atoms with Crippen LogP contribution in [0.2, 0.25) is 0 Å². The van der Waals surface area contributed by atoms with E-state index >= 15 is 0 Å². The first-order valence-electron chi connectivity index (χ1n) is 4.07. The summed E-state index contributed by atoms with van der Waals surface area (Å²) in [6.45, 7) is 7.03. The topological polar surface area (TPSA) is 30.7 Å². The third-order valence-electron chi connectivity index (χ3n) is 1.71. The first-order valence-corrected chi connectivity index (χ1v) is 5.19. The number of alkyl halides is 1. The standard InChI is InChI=1S/C8H14BrN3/c1-6(4-9)5-12-8(3)10-7(2)11-12/h6H,4-5H2,1-3H3. The number of hydrogen-bond donors (Lipinski definition) is 0. The van der Waals surface area contributed by atoms with Crippen LogP contribution in [0.3, 0.4) is 0 Å². The fourth-order valence-corrected chi connectivity index (χ4v) is 1.28. The van der Waals surface area contributed by atoms with E-state index in [2.05, 4.69) is 32.9 Å². The second-order valence-electron chi connectivity index (χ2n) is 3.15. The van der Waals surface area contributed by atoms with Crippen LogP contribution in [0.5, 0.6) is 0 Å². The van der Waals surface area contributed by atoms with E-state index in [-0.39, 0.29) is 0 Å². The molecule has 0 aromatic carbocycles. The number of rotatable bonds is 3. The van der Waals surface area contributed by atoms with Crippen molar-refractivity contribution in [1.29, 1.82) is 0 Å². The summed E-state index contributed by atoms with van der Waals surface area (Å²) in [6, 6.07) is 0. The molecule has 0 radical (unpaired) electrons. The normalized spacial score (nSPS) is 13.3. The summed E-state index contributed by atoms with van der Waals surface area (Å²) in [5, 5.41) is 5.29. The molecule has 0 spiro atoms. The molecule has 0 aliphatic rings. The number of nitrogens with zero attached hydrogens (tertiary/aromatic N) is 3. The van der Waals surface area contributed by atoms with E-state index in [1.165, 1.54) is 0 Å². The van der Waals surface area contributed by atoms with Gasteiger partial charge in [0.2, 0.25) is 0 Å². The average molecular weight is 232 g/mol. The summed E-state index contributed by atoms with van der Waals surface area (Å²) >= 11 is 3.44. The Hall–Kier alpha value is -0.380. The van der Waals surface area contributed by atoms with E-state index in [1.807, 2.05) is 18.5 Å². The van der Waals surface area contributed by atoms with Crippen molar-refractivity contribution in [3.63, 3.8) is 0 Å². The molecule has 1 rings (SSSR count). The molecule has 1 unspecified atom stereocenters. The molecule has 1 heterocycles. The lowest BCUT2D eigenvalue weighted by Crippen LogP contribution is -2.11. The van der Waals surface area contributed by atoms with E-state index in [4.69, 9.17) is 0 Å². The van der Waals surface area contributed by atoms with Gasteiger partial charge in [-0.05, 0) is 19.8 Å². The summed E-state index contributed by atoms with van der Waals surface area (Å²) in [7, 11) is 0. The van der Waals surface area contributed by atoms with Gasteiger partial charge in [0, 0.05) is 11.9 Å². The second-order valence-corrected chi connectivity index (χ2v) is 3.80. The summed E-state index contributed by atoms with van der Waals surface area (Å²) in [5.41, 5.74) is 0. The highest BCUT2D eigenvalue weighted by molar-refractivity contribution is 9.09. The van der Waals surface area contributed by atoms with Crippen molar-refractivity contribution in [2.45, 2.75) is 27.3 Å². The maximum Gasteiger partial charge on any atom is 0.147 e. The summed E-state index contributed by atoms with van der Waals surface area (Å²) in [6.07, 6.45) is 0. The number of halogens is 1. The SMILES string of the molecule is Cc1nc(C)n(CC(C)CBr)n1. The van der Waals surface area contributed by atoms with E-state index in [0.29, 0.717) is 5.92 Å². The summed E-state index contributed by atoms with van der Waals surface area (Å²) in [4.78, 5) is 4.23. The smallest absolute Gasteiger partial charge is 0.147 e. The van der Waals surface area contributed by atoms with E-state index in [0.717, 1.165) is 23.5 Å². The first kappa shape index (κ1) is 9.71. The van der Waals surface area contributed by atoms with Gasteiger partial charge < -0.3 is 0 Å². The lowest BCUT2D eigenvalue weighted by molar-refractivity contribution is 0.479. The maximum atomic E-state index is 4.28. The summed E-state index contributed by atoms with van der Waals surface area (Å²) < 4.78 is 1.96. The molecule has 0 fully saturated rings. The van der Waals surface area contributed by atoms with Crippen LogP contribution in [0.15, 0.2) is 0 Å². The van der Waals surface area contributed by atoms with Gasteiger partial charge in [0.25, 0.3) is 0 Å². The highest BCUT2D eigenvalue weighted by Crippen LogP contribution is 2.05. The molecule has 0 aliphatic carbocycles. The number of hydrogen-bond acceptors (Lipinski definition) is 2. The largest absolute Gasteiger partial charge is 0.250 e. The number of aryl methyl sites for hydroxylation is 2. The van der Waals surface area contributed by atoms with Crippen LogP contribution in [-0.2, 0) is 6.54 Å². The van der Waals surface area contributed by atoms with E-state index < -0.39 is 0 Å². The Morgan fingerprint density at radius 3 is 2.58 bits per heavy atom. The molecule has 4 heteroatoms. The molecule has 0 saturated heterocycles. The molecule has 1 aromatic rings. The zero-order chi connectivity index (χ0) is 9.14. The van der Waals surface area contributed by atoms with Gasteiger partial charge in [-0.2, -0.15) is 5.10 Å². The fourth-order valence-electron chi connectivity index (χ4n) is 1.08. The molecule has 0 bridgehead atoms. The minimum atomic E-state index is 0.602. The van der Waals surface area contributed by atoms with Crippen molar-refractivity contribution in [3.05, 3.63) is 11.6 Å². The van der Waals surface area contributed by atoms with Gasteiger partial charge >= 0.3 is 0 Å². The predicted molar refractivity (Wildman–Crippen MR) is 52.5 cm³/mol. The predicted octanol–water partition coefficient (Wildman–Crippen LogP) is 1.93. The quantitative estimate of drug-likeness (QED) is 0.745. The highest BCUT2D eigenvalue weighted by Gasteiger charge is 2.05. The van der Waals surface area contributed by atoms with Crippen molar-refractivity contribution in [1.82, 2.24) is 14.8 Å². The molecule has 0 saturated carbocycles. The zero-order valence-electron chi connectivity index (χ0n) is 7.71. The fraction of sp³-hybridized carbons (Fsp3) is 0.750. The van der Waals surface area contributed by atoms with Crippen molar-refractivity contribution in [3.8, 4) is 0 Å². The van der Waals surface area contributed by atoms with Gasteiger partial charge in [0.05, 0.1) is 0 Å². The Kier molecular flexibility index (Phi) is 3.26. The minimum Gasteiger partial charge on any atom is -0.250 e. The van der Waals surface area contributed by atoms with Crippen LogP contribution in [0, 0.1) is 19.8 Å². The Balaban J connectivity index is 2.68. The molecule has 3 nitrogen and oxygen atoms in total. The lowest BCUT2D eigenvalue weighted by Gasteiger charge is -2.07. The maximum absolute atomic E-state index is 4.28. The van der Waals surface area contributed by atoms with Gasteiger partial charge in [0.1, 0.15) is 11.6 Å². The Morgan fingerprint density at radius 1 is 1.50 bits per heavy atom. The Labute approximate surface area is 81.3 Å². The molecular weight excluding hydrogens is 218 g/mol. The van der Waals surface area contributed by atoms with Gasteiger partial charge in [-0.25, -0.2) is 9.67 Å². The van der Waals surface area contributed by atoms with Crippen LogP contribution >= 0.6 is 15.9 Å². The molecule has 1 aromatic heterocycles. The van der Waals surface area contributed by atoms with Crippen molar-refractivity contribution in [2.75, 3.05) is 5.33 Å². The first-order chi connectivity index (χ1) is 5.63. The highest BCUT2D eigenvalue weighted by atomic mass is 79.9. The Bertz CT molecular complexity index is 257. The summed E-state index contributed by atoms with van der Waals surface area (Å²) in [5.74, 6) is 2.46. The lowest BCUT2D eigenvalue weighted by atomic mass is 10.2. The molecule has 1 atom stereocenters. The van der Waals surface area contributed by atoms with Crippen LogP contribution in [0.25, 0.3) is 0 Å². The average Bonchev–Trinajstić information content (AvgIpc) is 2.30. The zero-order valence-corrected chi connectivity index (χ0v) is 9.30. The van der Waals surface area contributed by atoms with E-state index in [1.54, 1.807) is 0 Å². The Morgan fingerprint density at radius 2 is 2.17 bits per heavy atom. The van der Waals surface area contributed by atoms with E-state index in [9.17, 15) is 0 Å². The molecule has 0 amide bonds. The van der Waals surface area contributed by atoms with Crippen LogP contribution in [0.1, 0.15) is 18.6 Å².